The van der Waals surface area contributed by atoms with Gasteiger partial charge in [-0.25, -0.2) is 8.42 Å². The first-order valence-electron chi connectivity index (χ1n) is 7.99. The maximum Gasteiger partial charge on any atom is 0.150 e. The van der Waals surface area contributed by atoms with Crippen molar-refractivity contribution in [3.8, 4) is 0 Å². The Morgan fingerprint density at radius 1 is 0.895 bits per heavy atom. The highest BCUT2D eigenvalue weighted by molar-refractivity contribution is 7.91. The normalized spacial score (nSPS) is 13.6. The Labute approximate surface area is 120 Å². The van der Waals surface area contributed by atoms with Gasteiger partial charge in [-0.2, -0.15) is 0 Å². The number of nitrogens with one attached hydrogen (secondary N) is 1. The minimum Gasteiger partial charge on any atom is -0.314 e. The van der Waals surface area contributed by atoms with Gasteiger partial charge in [-0.3, -0.25) is 0 Å². The highest BCUT2D eigenvalue weighted by Crippen LogP contribution is 2.11. The summed E-state index contributed by atoms with van der Waals surface area (Å²) in [6.07, 6.45) is 9.49. The molecular formula is C15H33NO2S. The summed E-state index contributed by atoms with van der Waals surface area (Å²) < 4.78 is 22.9. The minimum absolute atomic E-state index is 0.274. The minimum atomic E-state index is -2.79. The summed E-state index contributed by atoms with van der Waals surface area (Å²) in [7, 11) is -2.79. The summed E-state index contributed by atoms with van der Waals surface area (Å²) in [5.74, 6) is 0.622. The predicted molar refractivity (Wildman–Crippen MR) is 84.4 cm³/mol. The second-order valence-corrected chi connectivity index (χ2v) is 7.81. The fourth-order valence-electron chi connectivity index (χ4n) is 2.33. The molecule has 0 rings (SSSR count). The van der Waals surface area contributed by atoms with E-state index in [0.717, 1.165) is 19.4 Å². The van der Waals surface area contributed by atoms with Crippen molar-refractivity contribution < 1.29 is 8.42 Å². The second kappa shape index (κ2) is 11.7. The fourth-order valence-corrected chi connectivity index (χ4v) is 3.22. The van der Waals surface area contributed by atoms with Crippen LogP contribution in [-0.2, 0) is 9.84 Å². The van der Waals surface area contributed by atoms with Crippen molar-refractivity contribution in [1.82, 2.24) is 5.32 Å². The monoisotopic (exact) mass is 291 g/mol. The van der Waals surface area contributed by atoms with Crippen LogP contribution in [-0.4, -0.2) is 32.5 Å². The molecule has 0 radical (unpaired) electrons. The smallest absolute Gasteiger partial charge is 0.150 e. The molecule has 0 aromatic rings. The van der Waals surface area contributed by atoms with Crippen molar-refractivity contribution in [2.75, 3.05) is 18.1 Å². The van der Waals surface area contributed by atoms with Gasteiger partial charge in [-0.05, 0) is 25.8 Å². The molecular weight excluding hydrogens is 258 g/mol. The zero-order valence-corrected chi connectivity index (χ0v) is 13.9. The molecule has 1 N–H and O–H groups in total. The lowest BCUT2D eigenvalue weighted by Crippen LogP contribution is -2.29. The average Bonchev–Trinajstić information content (AvgIpc) is 2.38. The first-order valence-corrected chi connectivity index (χ1v) is 9.81. The van der Waals surface area contributed by atoms with E-state index < -0.39 is 9.84 Å². The molecule has 0 saturated carbocycles. The lowest BCUT2D eigenvalue weighted by atomic mass is 10.0. The fraction of sp³-hybridized carbons (Fsp3) is 1.00. The molecule has 0 aromatic heterocycles. The molecule has 0 saturated heterocycles. The number of hydrogen-bond acceptors (Lipinski definition) is 3. The van der Waals surface area contributed by atoms with Crippen molar-refractivity contribution in [2.45, 2.75) is 78.2 Å². The van der Waals surface area contributed by atoms with Crippen molar-refractivity contribution in [3.05, 3.63) is 0 Å². The van der Waals surface area contributed by atoms with Gasteiger partial charge in [0.15, 0.2) is 0 Å². The van der Waals surface area contributed by atoms with Crippen LogP contribution in [0.3, 0.4) is 0 Å². The molecule has 0 aliphatic heterocycles. The highest BCUT2D eigenvalue weighted by atomic mass is 32.2. The Kier molecular flexibility index (Phi) is 11.7. The van der Waals surface area contributed by atoms with Gasteiger partial charge in [-0.1, -0.05) is 52.9 Å². The van der Waals surface area contributed by atoms with E-state index in [4.69, 9.17) is 0 Å². The maximum atomic E-state index is 11.5. The third kappa shape index (κ3) is 11.4. The molecule has 3 nitrogen and oxygen atoms in total. The number of rotatable bonds is 13. The number of hydrogen-bond donors (Lipinski definition) is 1. The van der Waals surface area contributed by atoms with Gasteiger partial charge >= 0.3 is 0 Å². The van der Waals surface area contributed by atoms with Crippen molar-refractivity contribution in [1.29, 1.82) is 0 Å². The first kappa shape index (κ1) is 18.9. The van der Waals surface area contributed by atoms with Crippen LogP contribution in [0.15, 0.2) is 0 Å². The number of sulfone groups is 1. The zero-order valence-electron chi connectivity index (χ0n) is 13.1. The van der Waals surface area contributed by atoms with Gasteiger partial charge in [0.25, 0.3) is 0 Å². The quantitative estimate of drug-likeness (QED) is 0.528. The van der Waals surface area contributed by atoms with Crippen LogP contribution in [0, 0.1) is 0 Å². The molecule has 4 heteroatoms. The van der Waals surface area contributed by atoms with Gasteiger partial charge in [0, 0.05) is 11.8 Å². The Bertz CT molecular complexity index is 289. The van der Waals surface area contributed by atoms with Crippen LogP contribution in [0.4, 0.5) is 0 Å². The lowest BCUT2D eigenvalue weighted by molar-refractivity contribution is 0.436. The van der Waals surface area contributed by atoms with Crippen LogP contribution in [0.2, 0.25) is 0 Å². The topological polar surface area (TPSA) is 46.2 Å². The summed E-state index contributed by atoms with van der Waals surface area (Å²) in [5.41, 5.74) is 0. The van der Waals surface area contributed by atoms with E-state index >= 15 is 0 Å². The molecule has 0 spiro atoms. The maximum absolute atomic E-state index is 11.5. The molecule has 19 heavy (non-hydrogen) atoms. The molecule has 0 aliphatic rings. The Morgan fingerprint density at radius 2 is 1.53 bits per heavy atom. The second-order valence-electron chi connectivity index (χ2n) is 5.34. The number of unbranched alkanes of at least 4 members (excludes halogenated alkanes) is 4. The first-order chi connectivity index (χ1) is 9.05. The highest BCUT2D eigenvalue weighted by Gasteiger charge is 2.11. The third-order valence-corrected chi connectivity index (χ3v) is 5.39. The molecule has 0 aromatic carbocycles. The van der Waals surface area contributed by atoms with Crippen molar-refractivity contribution in [3.63, 3.8) is 0 Å². The van der Waals surface area contributed by atoms with E-state index in [1.54, 1.807) is 6.92 Å². The summed E-state index contributed by atoms with van der Waals surface area (Å²) in [5, 5.41) is 3.48. The Hall–Kier alpha value is -0.0900. The molecule has 1 unspecified atom stereocenters. The van der Waals surface area contributed by atoms with Crippen LogP contribution in [0.5, 0.6) is 0 Å². The zero-order chi connectivity index (χ0) is 14.6. The van der Waals surface area contributed by atoms with Crippen LogP contribution in [0.25, 0.3) is 0 Å². The van der Waals surface area contributed by atoms with Gasteiger partial charge in [0.05, 0.1) is 5.75 Å². The summed E-state index contributed by atoms with van der Waals surface area (Å²) in [6.45, 7) is 7.05. The lowest BCUT2D eigenvalue weighted by Gasteiger charge is -2.17. The van der Waals surface area contributed by atoms with Gasteiger partial charge in [0.2, 0.25) is 0 Å². The van der Waals surface area contributed by atoms with Crippen molar-refractivity contribution >= 4 is 9.84 Å². The van der Waals surface area contributed by atoms with E-state index in [9.17, 15) is 8.42 Å². The summed E-state index contributed by atoms with van der Waals surface area (Å²) in [4.78, 5) is 0. The molecule has 0 amide bonds. The molecule has 0 heterocycles. The molecule has 116 valence electrons. The molecule has 1 atom stereocenters. The molecule has 0 aliphatic carbocycles. The van der Waals surface area contributed by atoms with Crippen LogP contribution in [0.1, 0.15) is 72.1 Å². The standard InChI is InChI=1S/C15H33NO2S/c1-4-7-8-9-10-12-15(16-5-2)13-11-14-19(17,18)6-3/h15-16H,4-14H2,1-3H3. The van der Waals surface area contributed by atoms with E-state index in [1.807, 2.05) is 0 Å². The predicted octanol–water partition coefficient (Wildman–Crippen LogP) is 3.54. The summed E-state index contributed by atoms with van der Waals surface area (Å²) in [6, 6.07) is 0.499. The Balaban J connectivity index is 3.79. The van der Waals surface area contributed by atoms with E-state index in [1.165, 1.54) is 38.5 Å². The van der Waals surface area contributed by atoms with Crippen LogP contribution < -0.4 is 5.32 Å². The van der Waals surface area contributed by atoms with Gasteiger partial charge < -0.3 is 5.32 Å². The van der Waals surface area contributed by atoms with Crippen molar-refractivity contribution in [2.24, 2.45) is 0 Å². The van der Waals surface area contributed by atoms with E-state index in [0.29, 0.717) is 11.8 Å². The largest absolute Gasteiger partial charge is 0.314 e. The Morgan fingerprint density at radius 3 is 2.11 bits per heavy atom. The molecule has 0 fully saturated rings. The van der Waals surface area contributed by atoms with Crippen LogP contribution >= 0.6 is 0 Å². The average molecular weight is 292 g/mol. The summed E-state index contributed by atoms with van der Waals surface area (Å²) >= 11 is 0. The van der Waals surface area contributed by atoms with E-state index in [-0.39, 0.29) is 5.75 Å². The third-order valence-electron chi connectivity index (χ3n) is 3.60. The SMILES string of the molecule is CCCCCCCC(CCCS(=O)(=O)CC)NCC. The van der Waals surface area contributed by atoms with Gasteiger partial charge in [0.1, 0.15) is 9.84 Å². The van der Waals surface area contributed by atoms with Gasteiger partial charge in [-0.15, -0.1) is 0 Å². The van der Waals surface area contributed by atoms with E-state index in [2.05, 4.69) is 19.2 Å². The molecule has 0 bridgehead atoms.